The highest BCUT2D eigenvalue weighted by Crippen LogP contribution is 2.35. The molecular weight excluding hydrogens is 322 g/mol. The van der Waals surface area contributed by atoms with E-state index in [1.54, 1.807) is 17.7 Å². The first-order valence-corrected chi connectivity index (χ1v) is 9.28. The van der Waals surface area contributed by atoms with E-state index in [1.165, 1.54) is 10.3 Å². The van der Waals surface area contributed by atoms with E-state index < -0.39 is 0 Å². The molecule has 1 fully saturated rings. The summed E-state index contributed by atoms with van der Waals surface area (Å²) in [4.78, 5) is 15.9. The summed E-state index contributed by atoms with van der Waals surface area (Å²) in [6.07, 6.45) is 3.70. The molecular formula is C17H21N5OS. The highest BCUT2D eigenvalue weighted by molar-refractivity contribution is 7.18. The van der Waals surface area contributed by atoms with E-state index in [4.69, 9.17) is 4.52 Å². The fraction of sp³-hybridized carbons (Fsp3) is 0.529. The first-order chi connectivity index (χ1) is 11.6. The van der Waals surface area contributed by atoms with Gasteiger partial charge in [-0.1, -0.05) is 19.0 Å². The summed E-state index contributed by atoms with van der Waals surface area (Å²) in [5.41, 5.74) is 2.30. The van der Waals surface area contributed by atoms with Gasteiger partial charge in [0.25, 0.3) is 0 Å². The number of fused-ring (bicyclic) bond motifs is 1. The lowest BCUT2D eigenvalue weighted by Gasteiger charge is -2.31. The van der Waals surface area contributed by atoms with Crippen LogP contribution in [0.5, 0.6) is 0 Å². The second kappa shape index (κ2) is 6.12. The number of aromatic nitrogens is 4. The second-order valence-electron chi connectivity index (χ2n) is 6.70. The number of rotatable bonds is 3. The molecule has 4 heterocycles. The minimum Gasteiger partial charge on any atom is -0.355 e. The standard InChI is InChI=1S/C17H21N5OS/c1-10(2)15-20-17(23-21-15)12-4-6-22(7-5-12)16-14-13(18-9-19-16)11(3)8-24-14/h8-10,12H,4-7H2,1-3H3. The molecule has 1 saturated heterocycles. The Balaban J connectivity index is 1.51. The van der Waals surface area contributed by atoms with Crippen LogP contribution >= 0.6 is 11.3 Å². The third-order valence-electron chi connectivity index (χ3n) is 4.63. The summed E-state index contributed by atoms with van der Waals surface area (Å²) in [5.74, 6) is 3.31. The van der Waals surface area contributed by atoms with Crippen LogP contribution in [-0.2, 0) is 0 Å². The van der Waals surface area contributed by atoms with Crippen molar-refractivity contribution < 1.29 is 4.52 Å². The largest absolute Gasteiger partial charge is 0.355 e. The van der Waals surface area contributed by atoms with E-state index in [0.717, 1.165) is 49.0 Å². The third-order valence-corrected chi connectivity index (χ3v) is 5.71. The zero-order chi connectivity index (χ0) is 16.7. The number of aryl methyl sites for hydroxylation is 1. The zero-order valence-electron chi connectivity index (χ0n) is 14.2. The molecule has 0 atom stereocenters. The fourth-order valence-corrected chi connectivity index (χ4v) is 4.19. The molecule has 126 valence electrons. The quantitative estimate of drug-likeness (QED) is 0.719. The van der Waals surface area contributed by atoms with Crippen LogP contribution < -0.4 is 4.90 Å². The van der Waals surface area contributed by atoms with Crippen LogP contribution in [0.4, 0.5) is 5.82 Å². The first kappa shape index (κ1) is 15.5. The molecule has 4 rings (SSSR count). The van der Waals surface area contributed by atoms with Gasteiger partial charge in [-0.05, 0) is 30.7 Å². The molecule has 0 amide bonds. The lowest BCUT2D eigenvalue weighted by molar-refractivity contribution is 0.326. The molecule has 1 aliphatic rings. The summed E-state index contributed by atoms with van der Waals surface area (Å²) >= 11 is 1.73. The smallest absolute Gasteiger partial charge is 0.229 e. The number of thiophene rings is 1. The molecule has 0 saturated carbocycles. The van der Waals surface area contributed by atoms with Crippen LogP contribution in [0.15, 0.2) is 16.2 Å². The first-order valence-electron chi connectivity index (χ1n) is 8.40. The molecule has 0 aliphatic carbocycles. The molecule has 0 unspecified atom stereocenters. The average molecular weight is 343 g/mol. The maximum atomic E-state index is 5.48. The lowest BCUT2D eigenvalue weighted by Crippen LogP contribution is -2.33. The average Bonchev–Trinajstić information content (AvgIpc) is 3.23. The van der Waals surface area contributed by atoms with Gasteiger partial charge >= 0.3 is 0 Å². The maximum absolute atomic E-state index is 5.48. The summed E-state index contributed by atoms with van der Waals surface area (Å²) in [5, 5.41) is 6.25. The van der Waals surface area contributed by atoms with E-state index >= 15 is 0 Å². The van der Waals surface area contributed by atoms with Gasteiger partial charge < -0.3 is 9.42 Å². The Bertz CT molecular complexity index is 848. The van der Waals surface area contributed by atoms with Crippen molar-refractivity contribution in [3.05, 3.63) is 29.0 Å². The SMILES string of the molecule is Cc1csc2c(N3CCC(c4nc(C(C)C)no4)CC3)ncnc12. The topological polar surface area (TPSA) is 67.9 Å². The highest BCUT2D eigenvalue weighted by atomic mass is 32.1. The molecule has 0 N–H and O–H groups in total. The van der Waals surface area contributed by atoms with Gasteiger partial charge in [-0.25, -0.2) is 9.97 Å². The van der Waals surface area contributed by atoms with Gasteiger partial charge in [-0.2, -0.15) is 4.98 Å². The van der Waals surface area contributed by atoms with Crippen molar-refractivity contribution in [1.29, 1.82) is 0 Å². The van der Waals surface area contributed by atoms with Crippen molar-refractivity contribution in [2.45, 2.75) is 45.4 Å². The fourth-order valence-electron chi connectivity index (χ4n) is 3.17. The van der Waals surface area contributed by atoms with Crippen molar-refractivity contribution in [1.82, 2.24) is 20.1 Å². The molecule has 0 radical (unpaired) electrons. The lowest BCUT2D eigenvalue weighted by atomic mass is 9.96. The Morgan fingerprint density at radius 3 is 2.75 bits per heavy atom. The van der Waals surface area contributed by atoms with Crippen LogP contribution in [0.1, 0.15) is 55.8 Å². The minimum absolute atomic E-state index is 0.305. The molecule has 0 aromatic carbocycles. The number of hydrogen-bond donors (Lipinski definition) is 0. The van der Waals surface area contributed by atoms with Crippen LogP contribution in [0, 0.1) is 6.92 Å². The van der Waals surface area contributed by atoms with Crippen molar-refractivity contribution in [3.8, 4) is 0 Å². The van der Waals surface area contributed by atoms with Crippen LogP contribution in [0.25, 0.3) is 10.2 Å². The van der Waals surface area contributed by atoms with Gasteiger partial charge in [0.1, 0.15) is 12.1 Å². The van der Waals surface area contributed by atoms with Gasteiger partial charge in [0.05, 0.1) is 10.2 Å². The van der Waals surface area contributed by atoms with E-state index in [0.29, 0.717) is 11.8 Å². The predicted octanol–water partition coefficient (Wildman–Crippen LogP) is 3.89. The number of nitrogens with zero attached hydrogens (tertiary/aromatic N) is 5. The van der Waals surface area contributed by atoms with Crippen molar-refractivity contribution in [3.63, 3.8) is 0 Å². The zero-order valence-corrected chi connectivity index (χ0v) is 15.0. The minimum atomic E-state index is 0.305. The Hall–Kier alpha value is -2.02. The molecule has 1 aliphatic heterocycles. The van der Waals surface area contributed by atoms with Gasteiger partial charge in [0, 0.05) is 24.9 Å². The molecule has 6 nitrogen and oxygen atoms in total. The monoisotopic (exact) mass is 343 g/mol. The second-order valence-corrected chi connectivity index (χ2v) is 7.58. The summed E-state index contributed by atoms with van der Waals surface area (Å²) in [6.45, 7) is 8.17. The van der Waals surface area contributed by atoms with Gasteiger partial charge in [0.15, 0.2) is 5.82 Å². The molecule has 3 aromatic rings. The van der Waals surface area contributed by atoms with Crippen molar-refractivity contribution in [2.24, 2.45) is 0 Å². The van der Waals surface area contributed by atoms with E-state index in [9.17, 15) is 0 Å². The van der Waals surface area contributed by atoms with Gasteiger partial charge in [-0.3, -0.25) is 0 Å². The highest BCUT2D eigenvalue weighted by Gasteiger charge is 2.27. The number of piperidine rings is 1. The van der Waals surface area contributed by atoms with Crippen LogP contribution in [-0.4, -0.2) is 33.2 Å². The number of hydrogen-bond acceptors (Lipinski definition) is 7. The van der Waals surface area contributed by atoms with Crippen LogP contribution in [0.2, 0.25) is 0 Å². The number of anilines is 1. The molecule has 0 bridgehead atoms. The van der Waals surface area contributed by atoms with E-state index in [2.05, 4.69) is 51.2 Å². The predicted molar refractivity (Wildman–Crippen MR) is 94.7 cm³/mol. The summed E-state index contributed by atoms with van der Waals surface area (Å²) in [7, 11) is 0. The third kappa shape index (κ3) is 2.66. The molecule has 3 aromatic heterocycles. The van der Waals surface area contributed by atoms with E-state index in [1.807, 2.05) is 0 Å². The summed E-state index contributed by atoms with van der Waals surface area (Å²) in [6, 6.07) is 0. The van der Waals surface area contributed by atoms with Gasteiger partial charge in [-0.15, -0.1) is 11.3 Å². The molecule has 0 spiro atoms. The van der Waals surface area contributed by atoms with Crippen molar-refractivity contribution in [2.75, 3.05) is 18.0 Å². The Morgan fingerprint density at radius 1 is 1.25 bits per heavy atom. The molecule has 7 heteroatoms. The summed E-state index contributed by atoms with van der Waals surface area (Å²) < 4.78 is 6.67. The Morgan fingerprint density at radius 2 is 2.04 bits per heavy atom. The molecule has 24 heavy (non-hydrogen) atoms. The van der Waals surface area contributed by atoms with Crippen LogP contribution in [0.3, 0.4) is 0 Å². The van der Waals surface area contributed by atoms with E-state index in [-0.39, 0.29) is 0 Å². The Labute approximate surface area is 144 Å². The Kier molecular flexibility index (Phi) is 3.96. The van der Waals surface area contributed by atoms with Gasteiger partial charge in [0.2, 0.25) is 5.89 Å². The van der Waals surface area contributed by atoms with Crippen molar-refractivity contribution >= 4 is 27.4 Å². The maximum Gasteiger partial charge on any atom is 0.229 e. The normalized spacial score (nSPS) is 16.4.